The molecule has 5 nitrogen and oxygen atoms in total. The number of benzene rings is 1. The lowest BCUT2D eigenvalue weighted by molar-refractivity contribution is 0.0730. The van der Waals surface area contributed by atoms with Crippen molar-refractivity contribution in [3.63, 3.8) is 0 Å². The Morgan fingerprint density at radius 2 is 2.05 bits per heavy atom. The van der Waals surface area contributed by atoms with Gasteiger partial charge in [-0.05, 0) is 24.1 Å². The number of hydrogen-bond acceptors (Lipinski definition) is 4. The maximum absolute atomic E-state index is 12.2. The third-order valence-electron chi connectivity index (χ3n) is 3.15. The van der Waals surface area contributed by atoms with Crippen LogP contribution >= 0.6 is 0 Å². The van der Waals surface area contributed by atoms with Crippen molar-refractivity contribution in [1.29, 1.82) is 0 Å². The summed E-state index contributed by atoms with van der Waals surface area (Å²) in [5, 5.41) is 0. The molecule has 0 saturated carbocycles. The summed E-state index contributed by atoms with van der Waals surface area (Å²) < 4.78 is 36.1. The Kier molecular flexibility index (Phi) is 4.79. The second-order valence-corrected chi connectivity index (χ2v) is 6.52. The van der Waals surface area contributed by atoms with Crippen LogP contribution in [0.1, 0.15) is 5.56 Å². The lowest BCUT2D eigenvalue weighted by Gasteiger charge is -2.26. The summed E-state index contributed by atoms with van der Waals surface area (Å²) in [6.45, 7) is 1.89. The van der Waals surface area contributed by atoms with Crippen LogP contribution in [-0.4, -0.2) is 51.9 Å². The molecule has 1 saturated heterocycles. The predicted molar refractivity (Wildman–Crippen MR) is 72.9 cm³/mol. The van der Waals surface area contributed by atoms with E-state index < -0.39 is 10.0 Å². The summed E-state index contributed by atoms with van der Waals surface area (Å²) in [6, 6.07) is 7.50. The van der Waals surface area contributed by atoms with Crippen molar-refractivity contribution in [2.75, 3.05) is 39.2 Å². The van der Waals surface area contributed by atoms with Crippen LogP contribution in [0.15, 0.2) is 24.3 Å². The van der Waals surface area contributed by atoms with Gasteiger partial charge in [-0.1, -0.05) is 12.1 Å². The van der Waals surface area contributed by atoms with Gasteiger partial charge in [-0.3, -0.25) is 0 Å². The van der Waals surface area contributed by atoms with Gasteiger partial charge in [-0.25, -0.2) is 8.42 Å². The topological polar surface area (TPSA) is 55.8 Å². The van der Waals surface area contributed by atoms with Crippen LogP contribution in [0.2, 0.25) is 0 Å². The smallest absolute Gasteiger partial charge is 0.214 e. The van der Waals surface area contributed by atoms with Crippen LogP contribution in [0.5, 0.6) is 5.75 Å². The zero-order chi connectivity index (χ0) is 13.7. The second kappa shape index (κ2) is 6.36. The largest absolute Gasteiger partial charge is 0.497 e. The van der Waals surface area contributed by atoms with Crippen molar-refractivity contribution >= 4 is 10.0 Å². The number of rotatable bonds is 5. The highest BCUT2D eigenvalue weighted by Crippen LogP contribution is 2.14. The fourth-order valence-electron chi connectivity index (χ4n) is 2.03. The minimum Gasteiger partial charge on any atom is -0.497 e. The Morgan fingerprint density at radius 1 is 1.32 bits per heavy atom. The molecule has 1 aliphatic rings. The third kappa shape index (κ3) is 3.92. The van der Waals surface area contributed by atoms with E-state index in [0.717, 1.165) is 11.3 Å². The molecule has 19 heavy (non-hydrogen) atoms. The van der Waals surface area contributed by atoms with Gasteiger partial charge in [0.15, 0.2) is 0 Å². The molecule has 1 aliphatic heterocycles. The van der Waals surface area contributed by atoms with Crippen molar-refractivity contribution < 1.29 is 17.9 Å². The number of aryl methyl sites for hydroxylation is 1. The van der Waals surface area contributed by atoms with Gasteiger partial charge in [0, 0.05) is 13.1 Å². The quantitative estimate of drug-likeness (QED) is 0.806. The van der Waals surface area contributed by atoms with Gasteiger partial charge in [-0.15, -0.1) is 0 Å². The van der Waals surface area contributed by atoms with E-state index in [9.17, 15) is 8.42 Å². The normalized spacial score (nSPS) is 17.3. The molecule has 1 heterocycles. The monoisotopic (exact) mass is 285 g/mol. The minimum absolute atomic E-state index is 0.125. The van der Waals surface area contributed by atoms with E-state index in [-0.39, 0.29) is 5.75 Å². The highest BCUT2D eigenvalue weighted by molar-refractivity contribution is 7.89. The average molecular weight is 285 g/mol. The van der Waals surface area contributed by atoms with E-state index in [2.05, 4.69) is 0 Å². The first-order chi connectivity index (χ1) is 9.12. The number of morpholine rings is 1. The highest BCUT2D eigenvalue weighted by Gasteiger charge is 2.23. The Balaban J connectivity index is 1.96. The highest BCUT2D eigenvalue weighted by atomic mass is 32.2. The van der Waals surface area contributed by atoms with E-state index in [4.69, 9.17) is 9.47 Å². The molecule has 0 aliphatic carbocycles. The van der Waals surface area contributed by atoms with Crippen molar-refractivity contribution in [1.82, 2.24) is 4.31 Å². The van der Waals surface area contributed by atoms with Crippen LogP contribution in [0.3, 0.4) is 0 Å². The SMILES string of the molecule is COc1cccc(CCS(=O)(=O)N2CCOCC2)c1. The molecule has 0 radical (unpaired) electrons. The molecular formula is C13H19NO4S. The van der Waals surface area contributed by atoms with Crippen molar-refractivity contribution in [2.24, 2.45) is 0 Å². The van der Waals surface area contributed by atoms with Gasteiger partial charge in [0.25, 0.3) is 0 Å². The van der Waals surface area contributed by atoms with E-state index >= 15 is 0 Å². The second-order valence-electron chi connectivity index (χ2n) is 4.43. The van der Waals surface area contributed by atoms with Crippen LogP contribution in [0, 0.1) is 0 Å². The van der Waals surface area contributed by atoms with Gasteiger partial charge >= 0.3 is 0 Å². The molecule has 1 aromatic rings. The summed E-state index contributed by atoms with van der Waals surface area (Å²) in [7, 11) is -1.59. The maximum Gasteiger partial charge on any atom is 0.214 e. The summed E-state index contributed by atoms with van der Waals surface area (Å²) in [5.41, 5.74) is 0.969. The lowest BCUT2D eigenvalue weighted by atomic mass is 10.2. The van der Waals surface area contributed by atoms with Gasteiger partial charge in [0.05, 0.1) is 26.1 Å². The number of methoxy groups -OCH3 is 1. The Bertz CT molecular complexity index is 509. The third-order valence-corrected chi connectivity index (χ3v) is 5.02. The lowest BCUT2D eigenvalue weighted by Crippen LogP contribution is -2.42. The molecule has 106 valence electrons. The number of ether oxygens (including phenoxy) is 2. The van der Waals surface area contributed by atoms with Crippen LogP contribution < -0.4 is 4.74 Å². The molecule has 1 fully saturated rings. The van der Waals surface area contributed by atoms with E-state index in [1.165, 1.54) is 4.31 Å². The van der Waals surface area contributed by atoms with E-state index in [0.29, 0.717) is 32.7 Å². The first-order valence-corrected chi connectivity index (χ1v) is 7.91. The molecular weight excluding hydrogens is 266 g/mol. The summed E-state index contributed by atoms with van der Waals surface area (Å²) >= 11 is 0. The number of hydrogen-bond donors (Lipinski definition) is 0. The average Bonchev–Trinajstić information content (AvgIpc) is 2.46. The fraction of sp³-hybridized carbons (Fsp3) is 0.538. The van der Waals surface area contributed by atoms with Gasteiger partial charge in [0.1, 0.15) is 5.75 Å². The van der Waals surface area contributed by atoms with Gasteiger partial charge in [-0.2, -0.15) is 4.31 Å². The zero-order valence-electron chi connectivity index (χ0n) is 11.0. The molecule has 0 bridgehead atoms. The predicted octanol–water partition coefficient (Wildman–Crippen LogP) is 0.900. The molecule has 2 rings (SSSR count). The minimum atomic E-state index is -3.19. The first kappa shape index (κ1) is 14.3. The Labute approximate surface area is 114 Å². The number of sulfonamides is 1. The van der Waals surface area contributed by atoms with Gasteiger partial charge in [0.2, 0.25) is 10.0 Å². The molecule has 1 aromatic carbocycles. The molecule has 0 amide bonds. The van der Waals surface area contributed by atoms with Gasteiger partial charge < -0.3 is 9.47 Å². The van der Waals surface area contributed by atoms with Crippen molar-refractivity contribution in [3.8, 4) is 5.75 Å². The van der Waals surface area contributed by atoms with Crippen LogP contribution in [-0.2, 0) is 21.2 Å². The molecule has 0 atom stereocenters. The number of nitrogens with zero attached hydrogens (tertiary/aromatic N) is 1. The van der Waals surface area contributed by atoms with E-state index in [1.807, 2.05) is 24.3 Å². The standard InChI is InChI=1S/C13H19NO4S/c1-17-13-4-2-3-12(11-13)5-10-19(15,16)14-6-8-18-9-7-14/h2-4,11H,5-10H2,1H3. The van der Waals surface area contributed by atoms with Crippen molar-refractivity contribution in [2.45, 2.75) is 6.42 Å². The maximum atomic E-state index is 12.2. The summed E-state index contributed by atoms with van der Waals surface area (Å²) in [6.07, 6.45) is 0.497. The summed E-state index contributed by atoms with van der Waals surface area (Å²) in [4.78, 5) is 0. The summed E-state index contributed by atoms with van der Waals surface area (Å²) in [5.74, 6) is 0.876. The zero-order valence-corrected chi connectivity index (χ0v) is 11.9. The molecule has 6 heteroatoms. The van der Waals surface area contributed by atoms with Crippen molar-refractivity contribution in [3.05, 3.63) is 29.8 Å². The Hall–Kier alpha value is -1.11. The molecule has 0 aromatic heterocycles. The molecule has 0 N–H and O–H groups in total. The first-order valence-electron chi connectivity index (χ1n) is 6.30. The molecule has 0 unspecified atom stereocenters. The fourth-order valence-corrected chi connectivity index (χ4v) is 3.49. The van der Waals surface area contributed by atoms with Crippen LogP contribution in [0.4, 0.5) is 0 Å². The molecule has 0 spiro atoms. The van der Waals surface area contributed by atoms with E-state index in [1.54, 1.807) is 7.11 Å². The Morgan fingerprint density at radius 3 is 2.74 bits per heavy atom. The van der Waals surface area contributed by atoms with Crippen LogP contribution in [0.25, 0.3) is 0 Å².